The van der Waals surface area contributed by atoms with E-state index in [0.717, 1.165) is 22.2 Å². The topological polar surface area (TPSA) is 81.3 Å². The van der Waals surface area contributed by atoms with E-state index in [2.05, 4.69) is 11.1 Å². The number of nitriles is 1. The van der Waals surface area contributed by atoms with Gasteiger partial charge in [0, 0.05) is 18.6 Å². The van der Waals surface area contributed by atoms with Crippen molar-refractivity contribution in [2.24, 2.45) is 0 Å². The summed E-state index contributed by atoms with van der Waals surface area (Å²) in [5, 5.41) is 18.7. The molecule has 0 radical (unpaired) electrons. The molecule has 0 amide bonds. The first-order chi connectivity index (χ1) is 10.5. The van der Waals surface area contributed by atoms with Crippen LogP contribution in [0.15, 0.2) is 16.9 Å². The third kappa shape index (κ3) is 1.85. The molecule has 0 aliphatic heterocycles. The average Bonchev–Trinajstić information content (AvgIpc) is 2.83. The van der Waals surface area contributed by atoms with Crippen molar-refractivity contribution in [3.05, 3.63) is 50.3 Å². The Hall–Kier alpha value is -2.58. The lowest BCUT2D eigenvalue weighted by Gasteiger charge is -2.08. The van der Waals surface area contributed by atoms with Gasteiger partial charge in [0.2, 0.25) is 0 Å². The number of aromatic nitrogens is 2. The Labute approximate surface area is 127 Å². The van der Waals surface area contributed by atoms with E-state index in [1.54, 1.807) is 11.3 Å². The van der Waals surface area contributed by atoms with Crippen molar-refractivity contribution in [1.82, 2.24) is 9.38 Å². The van der Waals surface area contributed by atoms with Gasteiger partial charge in [0.15, 0.2) is 0 Å². The van der Waals surface area contributed by atoms with E-state index >= 15 is 0 Å². The first-order valence-electron chi connectivity index (χ1n) is 7.17. The van der Waals surface area contributed by atoms with Crippen LogP contribution in [-0.4, -0.2) is 21.1 Å². The number of fused-ring (bicyclic) bond motifs is 3. The summed E-state index contributed by atoms with van der Waals surface area (Å²) < 4.78 is 1.55. The van der Waals surface area contributed by atoms with Gasteiger partial charge in [-0.15, -0.1) is 0 Å². The quantitative estimate of drug-likeness (QED) is 0.759. The number of nitrogens with one attached hydrogen (secondary N) is 1. The van der Waals surface area contributed by atoms with Crippen molar-refractivity contribution in [2.75, 3.05) is 6.61 Å². The number of aryl methyl sites for hydroxylation is 2. The van der Waals surface area contributed by atoms with Crippen LogP contribution in [0.4, 0.5) is 0 Å². The lowest BCUT2D eigenvalue weighted by Crippen LogP contribution is -2.21. The lowest BCUT2D eigenvalue weighted by atomic mass is 10.0. The minimum absolute atomic E-state index is 0.118. The van der Waals surface area contributed by atoms with Crippen molar-refractivity contribution >= 4 is 16.7 Å². The van der Waals surface area contributed by atoms with Gasteiger partial charge in [0.05, 0.1) is 16.6 Å². The fourth-order valence-corrected chi connectivity index (χ4v) is 2.94. The second-order valence-electron chi connectivity index (χ2n) is 5.63. The largest absolute Gasteiger partial charge is 0.396 e. The molecule has 5 heteroatoms. The zero-order valence-corrected chi connectivity index (χ0v) is 12.8. The lowest BCUT2D eigenvalue weighted by molar-refractivity contribution is 0.299. The number of aliphatic hydroxyl groups is 1. The van der Waals surface area contributed by atoms with Crippen molar-refractivity contribution in [2.45, 2.75) is 27.2 Å². The summed E-state index contributed by atoms with van der Waals surface area (Å²) in [6.07, 6.45) is 0.250. The minimum Gasteiger partial charge on any atom is -0.396 e. The molecule has 5 nitrogen and oxygen atoms in total. The fourth-order valence-electron chi connectivity index (χ4n) is 2.94. The highest BCUT2D eigenvalue weighted by Crippen LogP contribution is 2.23. The summed E-state index contributed by atoms with van der Waals surface area (Å²) >= 11 is 0. The third-order valence-corrected chi connectivity index (χ3v) is 4.33. The summed E-state index contributed by atoms with van der Waals surface area (Å²) in [7, 11) is 0. The first-order valence-corrected chi connectivity index (χ1v) is 7.17. The molecule has 0 atom stereocenters. The molecule has 0 aliphatic rings. The summed E-state index contributed by atoms with van der Waals surface area (Å²) in [5.41, 5.74) is 5.74. The zero-order valence-electron chi connectivity index (χ0n) is 12.8. The monoisotopic (exact) mass is 295 g/mol. The Balaban J connectivity index is 2.59. The number of hydrogen-bond donors (Lipinski definition) is 2. The third-order valence-electron chi connectivity index (χ3n) is 4.33. The maximum atomic E-state index is 12.8. The molecule has 3 rings (SSSR count). The standard InChI is InChI=1S/C17H17N3O2/c1-9-6-14-15(7-10(9)2)20-16(19-14)13(8-18)11(3)12(4-5-21)17(20)22/h6-7,19,21H,4-5H2,1-3H3. The van der Waals surface area contributed by atoms with E-state index in [1.807, 2.05) is 26.0 Å². The van der Waals surface area contributed by atoms with Gasteiger partial charge in [0.25, 0.3) is 5.56 Å². The van der Waals surface area contributed by atoms with Crippen LogP contribution in [0.25, 0.3) is 16.7 Å². The molecule has 2 aromatic heterocycles. The Kier molecular flexibility index (Phi) is 3.27. The van der Waals surface area contributed by atoms with Crippen LogP contribution >= 0.6 is 0 Å². The molecule has 112 valence electrons. The highest BCUT2D eigenvalue weighted by molar-refractivity contribution is 5.84. The number of aliphatic hydroxyl groups excluding tert-OH is 1. The van der Waals surface area contributed by atoms with Gasteiger partial charge in [-0.05, 0) is 49.6 Å². The molecule has 0 aliphatic carbocycles. The van der Waals surface area contributed by atoms with E-state index in [9.17, 15) is 15.2 Å². The number of aromatic amines is 1. The van der Waals surface area contributed by atoms with Crippen molar-refractivity contribution in [1.29, 1.82) is 5.26 Å². The zero-order chi connectivity index (χ0) is 16.0. The van der Waals surface area contributed by atoms with Gasteiger partial charge in [-0.25, -0.2) is 0 Å². The van der Waals surface area contributed by atoms with Crippen molar-refractivity contribution < 1.29 is 5.11 Å². The van der Waals surface area contributed by atoms with Gasteiger partial charge < -0.3 is 10.1 Å². The van der Waals surface area contributed by atoms with E-state index < -0.39 is 0 Å². The molecular weight excluding hydrogens is 278 g/mol. The predicted molar refractivity (Wildman–Crippen MR) is 85.2 cm³/mol. The molecule has 2 N–H and O–H groups in total. The van der Waals surface area contributed by atoms with E-state index in [1.165, 1.54) is 0 Å². The van der Waals surface area contributed by atoms with Crippen molar-refractivity contribution in [3.8, 4) is 6.07 Å². The maximum absolute atomic E-state index is 12.8. The molecule has 0 fully saturated rings. The van der Waals surface area contributed by atoms with Crippen LogP contribution in [0.3, 0.4) is 0 Å². The second-order valence-corrected chi connectivity index (χ2v) is 5.63. The van der Waals surface area contributed by atoms with Gasteiger partial charge >= 0.3 is 0 Å². The smallest absolute Gasteiger partial charge is 0.260 e. The molecular formula is C17H17N3O2. The average molecular weight is 295 g/mol. The SMILES string of the molecule is Cc1cc2[nH]c3c(C#N)c(C)c(CCO)c(=O)n3c2cc1C. The van der Waals surface area contributed by atoms with E-state index in [-0.39, 0.29) is 18.6 Å². The highest BCUT2D eigenvalue weighted by Gasteiger charge is 2.18. The Morgan fingerprint density at radius 2 is 1.95 bits per heavy atom. The van der Waals surface area contributed by atoms with Gasteiger partial charge in [-0.3, -0.25) is 9.20 Å². The van der Waals surface area contributed by atoms with Crippen LogP contribution in [0.2, 0.25) is 0 Å². The molecule has 0 saturated carbocycles. The van der Waals surface area contributed by atoms with E-state index in [0.29, 0.717) is 22.3 Å². The molecule has 2 heterocycles. The molecule has 0 spiro atoms. The second kappa shape index (κ2) is 5.00. The molecule has 1 aromatic carbocycles. The summed E-state index contributed by atoms with van der Waals surface area (Å²) in [6, 6.07) is 6.12. The molecule has 0 saturated heterocycles. The predicted octanol–water partition coefficient (Wildman–Crippen LogP) is 2.11. The Morgan fingerprint density at radius 1 is 1.27 bits per heavy atom. The fraction of sp³-hybridized carbons (Fsp3) is 0.294. The van der Waals surface area contributed by atoms with Crippen LogP contribution in [-0.2, 0) is 6.42 Å². The molecule has 3 aromatic rings. The number of hydrogen-bond acceptors (Lipinski definition) is 3. The van der Waals surface area contributed by atoms with Gasteiger partial charge in [-0.1, -0.05) is 0 Å². The number of rotatable bonds is 2. The normalized spacial score (nSPS) is 11.2. The van der Waals surface area contributed by atoms with Crippen LogP contribution < -0.4 is 5.56 Å². The van der Waals surface area contributed by atoms with Crippen LogP contribution in [0.5, 0.6) is 0 Å². The number of pyridine rings is 1. The van der Waals surface area contributed by atoms with Crippen molar-refractivity contribution in [3.63, 3.8) is 0 Å². The number of benzene rings is 1. The maximum Gasteiger partial charge on any atom is 0.260 e. The Morgan fingerprint density at radius 3 is 2.59 bits per heavy atom. The number of nitrogens with zero attached hydrogens (tertiary/aromatic N) is 2. The van der Waals surface area contributed by atoms with Gasteiger partial charge in [0.1, 0.15) is 11.7 Å². The molecule has 0 bridgehead atoms. The number of H-pyrrole nitrogens is 1. The van der Waals surface area contributed by atoms with E-state index in [4.69, 9.17) is 0 Å². The Bertz CT molecular complexity index is 1000. The summed E-state index contributed by atoms with van der Waals surface area (Å²) in [5.74, 6) is 0. The van der Waals surface area contributed by atoms with Crippen LogP contribution in [0.1, 0.15) is 27.8 Å². The number of imidazole rings is 1. The molecule has 0 unspecified atom stereocenters. The molecule has 22 heavy (non-hydrogen) atoms. The minimum atomic E-state index is -0.171. The highest BCUT2D eigenvalue weighted by atomic mass is 16.3. The summed E-state index contributed by atoms with van der Waals surface area (Å²) in [4.78, 5) is 16.0. The van der Waals surface area contributed by atoms with Gasteiger partial charge in [-0.2, -0.15) is 5.26 Å². The van der Waals surface area contributed by atoms with Crippen LogP contribution in [0, 0.1) is 32.1 Å². The summed E-state index contributed by atoms with van der Waals surface area (Å²) in [6.45, 7) is 5.64. The first kappa shape index (κ1) is 14.4.